The van der Waals surface area contributed by atoms with Gasteiger partial charge in [-0.15, -0.1) is 0 Å². The summed E-state index contributed by atoms with van der Waals surface area (Å²) in [6.07, 6.45) is -0.0229. The molecule has 2 aromatic carbocycles. The molecule has 0 fully saturated rings. The van der Waals surface area contributed by atoms with Gasteiger partial charge >= 0.3 is 0 Å². The normalized spacial score (nSPS) is 12.1. The fourth-order valence-corrected chi connectivity index (χ4v) is 2.82. The zero-order chi connectivity index (χ0) is 21.2. The minimum Gasteiger partial charge on any atom is -0.496 e. The van der Waals surface area contributed by atoms with E-state index in [9.17, 15) is 0 Å². The largest absolute Gasteiger partial charge is 0.496 e. The predicted octanol–water partition coefficient (Wildman–Crippen LogP) is 3.15. The first kappa shape index (κ1) is 22.2. The first-order chi connectivity index (χ1) is 14.0. The molecule has 2 rings (SSSR count). The third kappa shape index (κ3) is 6.20. The molecular formula is C22H31N3O4. The molecule has 2 N–H and O–H groups in total. The Morgan fingerprint density at radius 1 is 0.931 bits per heavy atom. The van der Waals surface area contributed by atoms with E-state index in [0.29, 0.717) is 36.3 Å². The molecule has 158 valence electrons. The number of aryl methyl sites for hydroxylation is 1. The van der Waals surface area contributed by atoms with Gasteiger partial charge in [-0.05, 0) is 31.5 Å². The lowest BCUT2D eigenvalue weighted by Gasteiger charge is -2.19. The SMILES string of the molecule is CN=C(NCc1cc(OC)c(OC)cc1OC)NCC(C)Oc1ccccc1C. The summed E-state index contributed by atoms with van der Waals surface area (Å²) in [5, 5.41) is 6.57. The van der Waals surface area contributed by atoms with Crippen molar-refractivity contribution in [3.63, 3.8) is 0 Å². The average molecular weight is 402 g/mol. The van der Waals surface area contributed by atoms with Gasteiger partial charge in [0.15, 0.2) is 17.5 Å². The Hall–Kier alpha value is -3.09. The lowest BCUT2D eigenvalue weighted by molar-refractivity contribution is 0.222. The summed E-state index contributed by atoms with van der Waals surface area (Å²) in [5.41, 5.74) is 2.04. The van der Waals surface area contributed by atoms with Crippen molar-refractivity contribution in [3.05, 3.63) is 47.5 Å². The zero-order valence-electron chi connectivity index (χ0n) is 18.0. The van der Waals surface area contributed by atoms with Crippen molar-refractivity contribution in [2.24, 2.45) is 4.99 Å². The number of nitrogens with zero attached hydrogens (tertiary/aromatic N) is 1. The lowest BCUT2D eigenvalue weighted by Crippen LogP contribution is -2.41. The van der Waals surface area contributed by atoms with Crippen molar-refractivity contribution in [2.45, 2.75) is 26.5 Å². The Kier molecular flexibility index (Phi) is 8.45. The number of aliphatic imine (C=N–C) groups is 1. The van der Waals surface area contributed by atoms with Gasteiger partial charge in [-0.25, -0.2) is 0 Å². The van der Waals surface area contributed by atoms with Crippen LogP contribution in [0.25, 0.3) is 0 Å². The Bertz CT molecular complexity index is 824. The summed E-state index contributed by atoms with van der Waals surface area (Å²) in [4.78, 5) is 4.27. The molecule has 7 heteroatoms. The molecule has 29 heavy (non-hydrogen) atoms. The van der Waals surface area contributed by atoms with E-state index >= 15 is 0 Å². The maximum Gasteiger partial charge on any atom is 0.191 e. The molecule has 0 bridgehead atoms. The molecule has 1 unspecified atom stereocenters. The molecule has 7 nitrogen and oxygen atoms in total. The van der Waals surface area contributed by atoms with Gasteiger partial charge in [-0.1, -0.05) is 18.2 Å². The van der Waals surface area contributed by atoms with Crippen LogP contribution in [0.5, 0.6) is 23.0 Å². The van der Waals surface area contributed by atoms with E-state index in [-0.39, 0.29) is 6.10 Å². The van der Waals surface area contributed by atoms with Crippen molar-refractivity contribution in [1.82, 2.24) is 10.6 Å². The van der Waals surface area contributed by atoms with Gasteiger partial charge in [0.2, 0.25) is 0 Å². The minimum absolute atomic E-state index is 0.0229. The molecule has 1 atom stereocenters. The Morgan fingerprint density at radius 2 is 1.59 bits per heavy atom. The molecule has 0 amide bonds. The topological polar surface area (TPSA) is 73.3 Å². The highest BCUT2D eigenvalue weighted by molar-refractivity contribution is 5.79. The first-order valence-electron chi connectivity index (χ1n) is 9.48. The summed E-state index contributed by atoms with van der Waals surface area (Å²) in [6, 6.07) is 11.7. The monoisotopic (exact) mass is 401 g/mol. The van der Waals surface area contributed by atoms with E-state index in [4.69, 9.17) is 18.9 Å². The van der Waals surface area contributed by atoms with E-state index in [0.717, 1.165) is 16.9 Å². The molecule has 0 saturated carbocycles. The number of para-hydroxylation sites is 1. The Morgan fingerprint density at radius 3 is 2.21 bits per heavy atom. The standard InChI is InChI=1S/C22H31N3O4/c1-15-9-7-8-10-18(15)29-16(2)13-24-22(23-3)25-14-17-11-20(27-5)21(28-6)12-19(17)26-4/h7-12,16H,13-14H2,1-6H3,(H2,23,24,25). The van der Waals surface area contributed by atoms with Gasteiger partial charge in [0, 0.05) is 25.2 Å². The van der Waals surface area contributed by atoms with Gasteiger partial charge in [-0.3, -0.25) is 4.99 Å². The highest BCUT2D eigenvalue weighted by Gasteiger charge is 2.13. The minimum atomic E-state index is -0.0229. The van der Waals surface area contributed by atoms with Crippen LogP contribution >= 0.6 is 0 Å². The molecule has 0 aliphatic rings. The second kappa shape index (κ2) is 11.0. The fourth-order valence-electron chi connectivity index (χ4n) is 2.82. The Labute approximate surface area is 173 Å². The van der Waals surface area contributed by atoms with Gasteiger partial charge in [-0.2, -0.15) is 0 Å². The quantitative estimate of drug-likeness (QED) is 0.497. The number of rotatable bonds is 9. The van der Waals surface area contributed by atoms with E-state index in [1.54, 1.807) is 28.4 Å². The molecular weight excluding hydrogens is 370 g/mol. The summed E-state index contributed by atoms with van der Waals surface area (Å²) in [6.45, 7) is 5.17. The van der Waals surface area contributed by atoms with Crippen LogP contribution in [-0.2, 0) is 6.54 Å². The third-order valence-corrected chi connectivity index (χ3v) is 4.44. The van der Waals surface area contributed by atoms with Gasteiger partial charge in [0.25, 0.3) is 0 Å². The second-order valence-corrected chi connectivity index (χ2v) is 6.52. The fraction of sp³-hybridized carbons (Fsp3) is 0.409. The number of guanidine groups is 1. The van der Waals surface area contributed by atoms with Crippen LogP contribution in [0.15, 0.2) is 41.4 Å². The van der Waals surface area contributed by atoms with Crippen molar-refractivity contribution in [3.8, 4) is 23.0 Å². The summed E-state index contributed by atoms with van der Waals surface area (Å²) in [5.74, 6) is 3.54. The smallest absolute Gasteiger partial charge is 0.191 e. The van der Waals surface area contributed by atoms with Crippen molar-refractivity contribution < 1.29 is 18.9 Å². The number of hydrogen-bond acceptors (Lipinski definition) is 5. The maximum atomic E-state index is 6.00. The third-order valence-electron chi connectivity index (χ3n) is 4.44. The zero-order valence-corrected chi connectivity index (χ0v) is 18.0. The van der Waals surface area contributed by atoms with Crippen LogP contribution < -0.4 is 29.6 Å². The summed E-state index contributed by atoms with van der Waals surface area (Å²) < 4.78 is 22.2. The van der Waals surface area contributed by atoms with Crippen molar-refractivity contribution in [1.29, 1.82) is 0 Å². The van der Waals surface area contributed by atoms with Crippen LogP contribution in [-0.4, -0.2) is 47.0 Å². The molecule has 0 spiro atoms. The van der Waals surface area contributed by atoms with Crippen LogP contribution in [0.3, 0.4) is 0 Å². The second-order valence-electron chi connectivity index (χ2n) is 6.52. The number of ether oxygens (including phenoxy) is 4. The molecule has 0 heterocycles. The van der Waals surface area contributed by atoms with Crippen molar-refractivity contribution in [2.75, 3.05) is 34.9 Å². The van der Waals surface area contributed by atoms with E-state index < -0.39 is 0 Å². The summed E-state index contributed by atoms with van der Waals surface area (Å²) >= 11 is 0. The molecule has 0 saturated heterocycles. The number of hydrogen-bond donors (Lipinski definition) is 2. The van der Waals surface area contributed by atoms with Gasteiger partial charge < -0.3 is 29.6 Å². The van der Waals surface area contributed by atoms with Crippen LogP contribution in [0.1, 0.15) is 18.1 Å². The number of methoxy groups -OCH3 is 3. The molecule has 2 aromatic rings. The van der Waals surface area contributed by atoms with E-state index in [2.05, 4.69) is 15.6 Å². The highest BCUT2D eigenvalue weighted by atomic mass is 16.5. The molecule has 0 aliphatic heterocycles. The predicted molar refractivity (Wildman–Crippen MR) is 116 cm³/mol. The summed E-state index contributed by atoms with van der Waals surface area (Å²) in [7, 11) is 6.56. The number of benzene rings is 2. The molecule has 0 aromatic heterocycles. The van der Waals surface area contributed by atoms with Gasteiger partial charge in [0.1, 0.15) is 17.6 Å². The molecule has 0 aliphatic carbocycles. The Balaban J connectivity index is 1.94. The van der Waals surface area contributed by atoms with E-state index in [1.807, 2.05) is 50.2 Å². The van der Waals surface area contributed by atoms with Crippen LogP contribution in [0.4, 0.5) is 0 Å². The first-order valence-corrected chi connectivity index (χ1v) is 9.48. The lowest BCUT2D eigenvalue weighted by atomic mass is 10.1. The maximum absolute atomic E-state index is 6.00. The number of nitrogens with one attached hydrogen (secondary N) is 2. The van der Waals surface area contributed by atoms with Gasteiger partial charge in [0.05, 0.1) is 27.9 Å². The average Bonchev–Trinajstić information content (AvgIpc) is 2.74. The molecule has 0 radical (unpaired) electrons. The van der Waals surface area contributed by atoms with Crippen molar-refractivity contribution >= 4 is 5.96 Å². The van der Waals surface area contributed by atoms with Crippen LogP contribution in [0, 0.1) is 6.92 Å². The van der Waals surface area contributed by atoms with Crippen LogP contribution in [0.2, 0.25) is 0 Å². The van der Waals surface area contributed by atoms with E-state index in [1.165, 1.54) is 0 Å². The highest BCUT2D eigenvalue weighted by Crippen LogP contribution is 2.34.